The van der Waals surface area contributed by atoms with Crippen LogP contribution in [0.3, 0.4) is 0 Å². The fourth-order valence-electron chi connectivity index (χ4n) is 2.93. The molecular formula is C20H15N5O3. The van der Waals surface area contributed by atoms with E-state index >= 15 is 0 Å². The van der Waals surface area contributed by atoms with Crippen LogP contribution in [0.2, 0.25) is 0 Å². The van der Waals surface area contributed by atoms with Crippen LogP contribution in [0.25, 0.3) is 11.8 Å². The number of benzene rings is 2. The molecule has 28 heavy (non-hydrogen) atoms. The maximum absolute atomic E-state index is 12.7. The number of rotatable bonds is 3. The molecule has 0 saturated carbocycles. The lowest BCUT2D eigenvalue weighted by Gasteiger charge is -2.08. The first kappa shape index (κ1) is 17.3. The van der Waals surface area contributed by atoms with Crippen LogP contribution >= 0.6 is 0 Å². The van der Waals surface area contributed by atoms with Crippen molar-refractivity contribution in [2.45, 2.75) is 6.92 Å². The molecule has 0 bridgehead atoms. The van der Waals surface area contributed by atoms with Gasteiger partial charge in [-0.15, -0.1) is 0 Å². The lowest BCUT2D eigenvalue weighted by atomic mass is 10.0. The molecule has 0 saturated heterocycles. The average Bonchev–Trinajstić information content (AvgIpc) is 3.09. The van der Waals surface area contributed by atoms with Crippen LogP contribution in [0.5, 0.6) is 0 Å². The van der Waals surface area contributed by atoms with Gasteiger partial charge in [0.25, 0.3) is 11.6 Å². The van der Waals surface area contributed by atoms with Crippen LogP contribution in [0.1, 0.15) is 16.7 Å². The van der Waals surface area contributed by atoms with Gasteiger partial charge in [-0.05, 0) is 25.1 Å². The molecule has 1 aliphatic rings. The molecule has 2 heterocycles. The lowest BCUT2D eigenvalue weighted by Crippen LogP contribution is -2.14. The minimum atomic E-state index is -0.474. The van der Waals surface area contributed by atoms with E-state index in [1.54, 1.807) is 24.3 Å². The Morgan fingerprint density at radius 3 is 2.64 bits per heavy atom. The quantitative estimate of drug-likeness (QED) is 0.430. The van der Waals surface area contributed by atoms with E-state index in [0.717, 1.165) is 11.1 Å². The van der Waals surface area contributed by atoms with E-state index in [4.69, 9.17) is 0 Å². The molecule has 0 atom stereocenters. The van der Waals surface area contributed by atoms with E-state index < -0.39 is 10.8 Å². The zero-order chi connectivity index (χ0) is 19.7. The number of fused-ring (bicyclic) bond motifs is 1. The number of anilines is 1. The van der Waals surface area contributed by atoms with Crippen LogP contribution in [0.15, 0.2) is 66.5 Å². The van der Waals surface area contributed by atoms with Gasteiger partial charge in [0.1, 0.15) is 6.33 Å². The van der Waals surface area contributed by atoms with Crippen molar-refractivity contribution < 1.29 is 9.72 Å². The van der Waals surface area contributed by atoms with Gasteiger partial charge in [0.05, 0.1) is 16.2 Å². The Morgan fingerprint density at radius 2 is 1.89 bits per heavy atom. The molecule has 1 N–H and O–H groups in total. The molecule has 138 valence electrons. The van der Waals surface area contributed by atoms with Crippen LogP contribution in [-0.2, 0) is 4.79 Å². The number of nitrogens with one attached hydrogen (secondary N) is 1. The molecular weight excluding hydrogens is 358 g/mol. The molecule has 0 fully saturated rings. The molecule has 3 aromatic rings. The van der Waals surface area contributed by atoms with Gasteiger partial charge in [0.15, 0.2) is 0 Å². The molecule has 0 radical (unpaired) electrons. The summed E-state index contributed by atoms with van der Waals surface area (Å²) in [6.45, 7) is 1.98. The first-order valence-corrected chi connectivity index (χ1v) is 8.48. The van der Waals surface area contributed by atoms with E-state index in [1.807, 2.05) is 31.2 Å². The molecule has 0 spiro atoms. The highest BCUT2D eigenvalue weighted by Gasteiger charge is 2.22. The highest BCUT2D eigenvalue weighted by molar-refractivity contribution is 6.11. The highest BCUT2D eigenvalue weighted by Crippen LogP contribution is 2.28. The van der Waals surface area contributed by atoms with Gasteiger partial charge in [-0.3, -0.25) is 20.2 Å². The Balaban J connectivity index is 1.90. The molecule has 2 aromatic carbocycles. The van der Waals surface area contributed by atoms with Gasteiger partial charge in [-0.1, -0.05) is 42.0 Å². The standard InChI is InChI=1S/C20H15N5O3/c1-13-6-8-14(9-7-13)18-11-16(19(26)23-20-21-12-22-24(18)20)10-15-4-2-3-5-17(15)25(27)28/h2-12H,1H3,(H,21,22,23,26)/b16-10-. The number of hydrogen-bond donors (Lipinski definition) is 1. The summed E-state index contributed by atoms with van der Waals surface area (Å²) in [7, 11) is 0. The van der Waals surface area contributed by atoms with Crippen molar-refractivity contribution in [1.82, 2.24) is 14.8 Å². The van der Waals surface area contributed by atoms with Crippen LogP contribution < -0.4 is 5.32 Å². The molecule has 1 aliphatic heterocycles. The second kappa shape index (κ2) is 6.92. The number of para-hydroxylation sites is 1. The van der Waals surface area contributed by atoms with E-state index in [-0.39, 0.29) is 17.2 Å². The Bertz CT molecular complexity index is 1140. The third-order valence-electron chi connectivity index (χ3n) is 4.35. The fraction of sp³-hybridized carbons (Fsp3) is 0.0500. The van der Waals surface area contributed by atoms with Gasteiger partial charge in [0.2, 0.25) is 5.95 Å². The largest absolute Gasteiger partial charge is 0.290 e. The smallest absolute Gasteiger partial charge is 0.276 e. The molecule has 0 unspecified atom stereocenters. The van der Waals surface area contributed by atoms with Crippen LogP contribution in [-0.4, -0.2) is 25.6 Å². The summed E-state index contributed by atoms with van der Waals surface area (Å²) in [4.78, 5) is 27.6. The van der Waals surface area contributed by atoms with E-state index in [9.17, 15) is 14.9 Å². The second-order valence-corrected chi connectivity index (χ2v) is 6.26. The minimum absolute atomic E-state index is 0.0757. The average molecular weight is 373 g/mol. The predicted octanol–water partition coefficient (Wildman–Crippen LogP) is 3.42. The third-order valence-corrected chi connectivity index (χ3v) is 4.35. The van der Waals surface area contributed by atoms with Crippen molar-refractivity contribution in [2.75, 3.05) is 5.32 Å². The maximum Gasteiger partial charge on any atom is 0.276 e. The molecule has 1 amide bonds. The highest BCUT2D eigenvalue weighted by atomic mass is 16.6. The molecule has 8 heteroatoms. The normalized spacial score (nSPS) is 14.8. The number of carbonyl (C=O) groups excluding carboxylic acids is 1. The minimum Gasteiger partial charge on any atom is -0.290 e. The monoisotopic (exact) mass is 373 g/mol. The Morgan fingerprint density at radius 1 is 1.14 bits per heavy atom. The number of amides is 1. The number of hydrogen-bond acceptors (Lipinski definition) is 5. The number of aryl methyl sites for hydroxylation is 1. The zero-order valence-electron chi connectivity index (χ0n) is 14.9. The number of nitro benzene ring substituents is 1. The lowest BCUT2D eigenvalue weighted by molar-refractivity contribution is -0.385. The van der Waals surface area contributed by atoms with Crippen molar-refractivity contribution in [3.05, 3.63) is 93.3 Å². The van der Waals surface area contributed by atoms with Crippen LogP contribution in [0.4, 0.5) is 11.6 Å². The maximum atomic E-state index is 12.7. The number of carbonyl (C=O) groups is 1. The summed E-state index contributed by atoms with van der Waals surface area (Å²) in [5, 5.41) is 18.2. The van der Waals surface area contributed by atoms with Crippen LogP contribution in [0, 0.1) is 17.0 Å². The number of nitrogens with zero attached hydrogens (tertiary/aromatic N) is 4. The first-order valence-electron chi connectivity index (χ1n) is 8.48. The van der Waals surface area contributed by atoms with Gasteiger partial charge < -0.3 is 0 Å². The molecule has 4 rings (SSSR count). The Kier molecular flexibility index (Phi) is 4.29. The molecule has 1 aromatic heterocycles. The van der Waals surface area contributed by atoms with Crippen molar-refractivity contribution >= 4 is 29.3 Å². The Hall–Kier alpha value is -4.07. The van der Waals surface area contributed by atoms with Crippen molar-refractivity contribution in [3.8, 4) is 0 Å². The van der Waals surface area contributed by atoms with E-state index in [0.29, 0.717) is 11.3 Å². The van der Waals surface area contributed by atoms with Gasteiger partial charge >= 0.3 is 0 Å². The van der Waals surface area contributed by atoms with E-state index in [1.165, 1.54) is 23.2 Å². The van der Waals surface area contributed by atoms with Crippen molar-refractivity contribution in [2.24, 2.45) is 0 Å². The first-order chi connectivity index (χ1) is 13.5. The molecule has 8 nitrogen and oxygen atoms in total. The SMILES string of the molecule is Cc1ccc(C2=C/C(=C/c3ccccc3[N+](=O)[O-])C(=O)Nc3ncnn32)cc1. The van der Waals surface area contributed by atoms with Gasteiger partial charge in [0, 0.05) is 17.2 Å². The topological polar surface area (TPSA) is 103 Å². The zero-order valence-corrected chi connectivity index (χ0v) is 14.9. The second-order valence-electron chi connectivity index (χ2n) is 6.26. The summed E-state index contributed by atoms with van der Waals surface area (Å²) >= 11 is 0. The third kappa shape index (κ3) is 3.18. The predicted molar refractivity (Wildman–Crippen MR) is 104 cm³/mol. The summed E-state index contributed by atoms with van der Waals surface area (Å²) in [5.41, 5.74) is 3.09. The fourth-order valence-corrected chi connectivity index (χ4v) is 2.93. The van der Waals surface area contributed by atoms with Crippen molar-refractivity contribution in [3.63, 3.8) is 0 Å². The summed E-state index contributed by atoms with van der Waals surface area (Å²) in [6.07, 6.45) is 4.50. The molecule has 0 aliphatic carbocycles. The van der Waals surface area contributed by atoms with Crippen molar-refractivity contribution in [1.29, 1.82) is 0 Å². The summed E-state index contributed by atoms with van der Waals surface area (Å²) < 4.78 is 1.53. The number of nitro groups is 1. The summed E-state index contributed by atoms with van der Waals surface area (Å²) in [6, 6.07) is 14.0. The Labute approximate surface area is 160 Å². The van der Waals surface area contributed by atoms with Gasteiger partial charge in [-0.2, -0.15) is 14.8 Å². The summed E-state index contributed by atoms with van der Waals surface area (Å²) in [5.74, 6) is -0.141. The number of aromatic nitrogens is 3. The van der Waals surface area contributed by atoms with Gasteiger partial charge in [-0.25, -0.2) is 0 Å². The van der Waals surface area contributed by atoms with E-state index in [2.05, 4.69) is 15.4 Å².